The average Bonchev–Trinajstić information content (AvgIpc) is 3.39. The van der Waals surface area contributed by atoms with Crippen molar-refractivity contribution in [2.45, 2.75) is 35.6 Å². The molecule has 0 bridgehead atoms. The minimum absolute atomic E-state index is 0.0112. The van der Waals surface area contributed by atoms with Gasteiger partial charge in [-0.3, -0.25) is 14.6 Å². The lowest BCUT2D eigenvalue weighted by atomic mass is 9.85. The number of aromatic nitrogens is 1. The summed E-state index contributed by atoms with van der Waals surface area (Å²) in [7, 11) is -3.99. The van der Waals surface area contributed by atoms with Gasteiger partial charge in [0.2, 0.25) is 15.9 Å². The molecule has 2 heterocycles. The van der Waals surface area contributed by atoms with E-state index in [0.29, 0.717) is 17.0 Å². The molecule has 8 nitrogen and oxygen atoms in total. The number of hydrogen-bond donors (Lipinski definition) is 2. The number of nitrogens with zero attached hydrogens (tertiary/aromatic N) is 2. The third-order valence-corrected chi connectivity index (χ3v) is 9.41. The minimum atomic E-state index is -3.99. The van der Waals surface area contributed by atoms with Gasteiger partial charge in [-0.05, 0) is 49.2 Å². The Morgan fingerprint density at radius 1 is 1.06 bits per heavy atom. The van der Waals surface area contributed by atoms with Crippen molar-refractivity contribution in [1.82, 2.24) is 14.6 Å². The van der Waals surface area contributed by atoms with Crippen molar-refractivity contribution < 1.29 is 23.1 Å². The van der Waals surface area contributed by atoms with Crippen molar-refractivity contribution in [2.75, 3.05) is 12.3 Å². The van der Waals surface area contributed by atoms with E-state index in [1.807, 2.05) is 42.5 Å². The molecule has 36 heavy (non-hydrogen) atoms. The van der Waals surface area contributed by atoms with Crippen LogP contribution in [0, 0.1) is 0 Å². The topological polar surface area (TPSA) is 117 Å². The van der Waals surface area contributed by atoms with Gasteiger partial charge in [0, 0.05) is 18.5 Å². The predicted octanol–water partition coefficient (Wildman–Crippen LogP) is 3.41. The Balaban J connectivity index is 1.58. The maximum Gasteiger partial charge on any atom is 0.313 e. The van der Waals surface area contributed by atoms with E-state index in [4.69, 9.17) is 0 Å². The van der Waals surface area contributed by atoms with Crippen LogP contribution in [0.15, 0.2) is 83.9 Å². The maximum atomic E-state index is 13.5. The van der Waals surface area contributed by atoms with Gasteiger partial charge < -0.3 is 10.4 Å². The SMILES string of the molecule is CC(C)(C(=O)O)c1ccc(S(=O)(=O)N2CCSC2C(=O)N[C@H](c2ccccc2)c2ccccn2)cc1. The number of rotatable bonds is 8. The highest BCUT2D eigenvalue weighted by molar-refractivity contribution is 8.02. The number of pyridine rings is 1. The van der Waals surface area contributed by atoms with E-state index in [0.717, 1.165) is 5.56 Å². The first-order valence-corrected chi connectivity index (χ1v) is 13.8. The summed E-state index contributed by atoms with van der Waals surface area (Å²) in [6.07, 6.45) is 1.65. The Hall–Kier alpha value is -3.21. The van der Waals surface area contributed by atoms with Gasteiger partial charge in [0.05, 0.1) is 22.0 Å². The first-order valence-electron chi connectivity index (χ1n) is 11.4. The Labute approximate surface area is 214 Å². The number of carboxylic acids is 1. The van der Waals surface area contributed by atoms with Crippen molar-refractivity contribution >= 4 is 33.7 Å². The van der Waals surface area contributed by atoms with Crippen molar-refractivity contribution in [1.29, 1.82) is 0 Å². The van der Waals surface area contributed by atoms with Gasteiger partial charge in [0.1, 0.15) is 5.37 Å². The molecule has 4 rings (SSSR count). The molecule has 2 atom stereocenters. The number of carboxylic acid groups (broad SMARTS) is 1. The van der Waals surface area contributed by atoms with Crippen LogP contribution in [0.4, 0.5) is 0 Å². The summed E-state index contributed by atoms with van der Waals surface area (Å²) < 4.78 is 28.1. The lowest BCUT2D eigenvalue weighted by Crippen LogP contribution is -2.46. The third kappa shape index (κ3) is 5.16. The van der Waals surface area contributed by atoms with E-state index < -0.39 is 38.7 Å². The molecule has 2 aromatic carbocycles. The maximum absolute atomic E-state index is 13.5. The molecule has 2 N–H and O–H groups in total. The lowest BCUT2D eigenvalue weighted by molar-refractivity contribution is -0.142. The van der Waals surface area contributed by atoms with Crippen molar-refractivity contribution in [2.24, 2.45) is 0 Å². The fraction of sp³-hybridized carbons (Fsp3) is 0.269. The second kappa shape index (κ2) is 10.4. The molecule has 1 aliphatic rings. The monoisotopic (exact) mass is 525 g/mol. The molecule has 0 aliphatic carbocycles. The summed E-state index contributed by atoms with van der Waals surface area (Å²) in [6, 6.07) is 20.1. The molecule has 0 saturated carbocycles. The number of aliphatic carboxylic acids is 1. The number of sulfonamides is 1. The summed E-state index contributed by atoms with van der Waals surface area (Å²) in [4.78, 5) is 29.4. The number of carbonyl (C=O) groups is 2. The van der Waals surface area contributed by atoms with Crippen molar-refractivity contribution in [3.63, 3.8) is 0 Å². The molecule has 1 aliphatic heterocycles. The summed E-state index contributed by atoms with van der Waals surface area (Å²) in [5.74, 6) is -0.961. The highest BCUT2D eigenvalue weighted by Crippen LogP contribution is 2.32. The molecular weight excluding hydrogens is 498 g/mol. The van der Waals surface area contributed by atoms with E-state index in [9.17, 15) is 23.1 Å². The number of amides is 1. The van der Waals surface area contributed by atoms with Gasteiger partial charge in [-0.2, -0.15) is 4.31 Å². The molecular formula is C26H27N3O5S2. The van der Waals surface area contributed by atoms with E-state index in [2.05, 4.69) is 10.3 Å². The van der Waals surface area contributed by atoms with Gasteiger partial charge in [-0.15, -0.1) is 11.8 Å². The average molecular weight is 526 g/mol. The first kappa shape index (κ1) is 25.9. The molecule has 3 aromatic rings. The second-order valence-electron chi connectivity index (χ2n) is 8.90. The van der Waals surface area contributed by atoms with Crippen LogP contribution in [-0.4, -0.2) is 52.4 Å². The van der Waals surface area contributed by atoms with Gasteiger partial charge in [0.15, 0.2) is 0 Å². The van der Waals surface area contributed by atoms with Gasteiger partial charge in [0.25, 0.3) is 0 Å². The molecule has 188 valence electrons. The lowest BCUT2D eigenvalue weighted by Gasteiger charge is -2.26. The zero-order valence-corrected chi connectivity index (χ0v) is 21.5. The molecule has 0 spiro atoms. The highest BCUT2D eigenvalue weighted by Gasteiger charge is 2.41. The second-order valence-corrected chi connectivity index (χ2v) is 12.0. The molecule has 10 heteroatoms. The van der Waals surface area contributed by atoms with E-state index in [1.165, 1.54) is 40.3 Å². The molecule has 1 amide bonds. The number of carbonyl (C=O) groups excluding carboxylic acids is 1. The summed E-state index contributed by atoms with van der Waals surface area (Å²) >= 11 is 1.26. The molecule has 1 aromatic heterocycles. The van der Waals surface area contributed by atoms with E-state index >= 15 is 0 Å². The highest BCUT2D eigenvalue weighted by atomic mass is 32.2. The Kier molecular flexibility index (Phi) is 7.49. The van der Waals surface area contributed by atoms with Crippen LogP contribution >= 0.6 is 11.8 Å². The van der Waals surface area contributed by atoms with Crippen LogP contribution in [-0.2, 0) is 25.0 Å². The van der Waals surface area contributed by atoms with Crippen molar-refractivity contribution in [3.8, 4) is 0 Å². The fourth-order valence-corrected chi connectivity index (χ4v) is 7.03. The standard InChI is InChI=1S/C26H27N3O5S2/c1-26(2,25(31)32)19-11-13-20(14-12-19)36(33,34)29-16-17-35-24(29)23(30)28-22(18-8-4-3-5-9-18)21-10-6-7-15-27-21/h3-15,22,24H,16-17H2,1-2H3,(H,28,30)(H,31,32)/t22-,24?/m1/s1. The zero-order chi connectivity index (χ0) is 25.9. The summed E-state index contributed by atoms with van der Waals surface area (Å²) in [5, 5.41) is 11.5. The summed E-state index contributed by atoms with van der Waals surface area (Å²) in [6.45, 7) is 3.30. The van der Waals surface area contributed by atoms with Gasteiger partial charge in [-0.1, -0.05) is 48.5 Å². The predicted molar refractivity (Wildman–Crippen MR) is 138 cm³/mol. The fourth-order valence-electron chi connectivity index (χ4n) is 3.94. The Bertz CT molecular complexity index is 1290. The molecule has 1 unspecified atom stereocenters. The van der Waals surface area contributed by atoms with E-state index in [-0.39, 0.29) is 11.4 Å². The number of hydrogen-bond acceptors (Lipinski definition) is 6. The molecule has 1 fully saturated rings. The smallest absolute Gasteiger partial charge is 0.313 e. The van der Waals surface area contributed by atoms with Gasteiger partial charge >= 0.3 is 5.97 Å². The van der Waals surface area contributed by atoms with Crippen LogP contribution in [0.25, 0.3) is 0 Å². The number of benzene rings is 2. The third-order valence-electron chi connectivity index (χ3n) is 6.19. The molecule has 0 radical (unpaired) electrons. The summed E-state index contributed by atoms with van der Waals surface area (Å²) in [5.41, 5.74) is 0.802. The van der Waals surface area contributed by atoms with Crippen LogP contribution in [0.2, 0.25) is 0 Å². The zero-order valence-electron chi connectivity index (χ0n) is 19.9. The number of nitrogens with one attached hydrogen (secondary N) is 1. The number of thioether (sulfide) groups is 1. The normalized spacial score (nSPS) is 17.4. The Morgan fingerprint density at radius 3 is 2.33 bits per heavy atom. The first-order chi connectivity index (χ1) is 17.1. The van der Waals surface area contributed by atoms with Crippen molar-refractivity contribution in [3.05, 3.63) is 95.8 Å². The van der Waals surface area contributed by atoms with Crippen LogP contribution in [0.1, 0.15) is 36.7 Å². The van der Waals surface area contributed by atoms with E-state index in [1.54, 1.807) is 26.1 Å². The van der Waals surface area contributed by atoms with Crippen LogP contribution in [0.5, 0.6) is 0 Å². The molecule has 1 saturated heterocycles. The quantitative estimate of drug-likeness (QED) is 0.463. The van der Waals surface area contributed by atoms with Gasteiger partial charge in [-0.25, -0.2) is 8.42 Å². The largest absolute Gasteiger partial charge is 0.481 e. The van der Waals surface area contributed by atoms with Crippen LogP contribution in [0.3, 0.4) is 0 Å². The Morgan fingerprint density at radius 2 is 1.72 bits per heavy atom. The minimum Gasteiger partial charge on any atom is -0.481 e. The van der Waals surface area contributed by atoms with Crippen LogP contribution < -0.4 is 5.32 Å².